The lowest BCUT2D eigenvalue weighted by Gasteiger charge is -2.05. The van der Waals surface area contributed by atoms with Gasteiger partial charge in [-0.05, 0) is 24.3 Å². The molecule has 1 aliphatic carbocycles. The summed E-state index contributed by atoms with van der Waals surface area (Å²) < 4.78 is 12.8. The summed E-state index contributed by atoms with van der Waals surface area (Å²) in [6.07, 6.45) is 3.42. The summed E-state index contributed by atoms with van der Waals surface area (Å²) in [4.78, 5) is 10.9. The molecule has 0 atom stereocenters. The van der Waals surface area contributed by atoms with Gasteiger partial charge in [-0.25, -0.2) is 4.39 Å². The van der Waals surface area contributed by atoms with E-state index in [1.807, 2.05) is 0 Å². The van der Waals surface area contributed by atoms with Gasteiger partial charge in [0, 0.05) is 0 Å². The van der Waals surface area contributed by atoms with Crippen molar-refractivity contribution in [2.45, 2.75) is 12.8 Å². The molecular weight excluding hydrogens is 169 g/mol. The fourth-order valence-corrected chi connectivity index (χ4v) is 1.30. The lowest BCUT2D eigenvalue weighted by atomic mass is 10.0. The SMILES string of the molecule is C=C/C(=C(\C(=C)F)C(N)=O)C1CC1. The predicted molar refractivity (Wildman–Crippen MR) is 49.4 cm³/mol. The Morgan fingerprint density at radius 3 is 2.31 bits per heavy atom. The van der Waals surface area contributed by atoms with Crippen molar-refractivity contribution in [3.8, 4) is 0 Å². The van der Waals surface area contributed by atoms with Gasteiger partial charge in [-0.3, -0.25) is 4.79 Å². The van der Waals surface area contributed by atoms with Crippen LogP contribution < -0.4 is 5.73 Å². The molecule has 2 N–H and O–H groups in total. The van der Waals surface area contributed by atoms with Crippen LogP contribution in [0.2, 0.25) is 0 Å². The summed E-state index contributed by atoms with van der Waals surface area (Å²) in [5.74, 6) is -1.30. The summed E-state index contributed by atoms with van der Waals surface area (Å²) in [7, 11) is 0. The van der Waals surface area contributed by atoms with Crippen LogP contribution in [0.25, 0.3) is 0 Å². The van der Waals surface area contributed by atoms with E-state index in [2.05, 4.69) is 13.2 Å². The highest BCUT2D eigenvalue weighted by molar-refractivity contribution is 5.97. The molecule has 0 saturated heterocycles. The third kappa shape index (κ3) is 2.05. The minimum Gasteiger partial charge on any atom is -0.365 e. The molecule has 1 amide bonds. The number of hydrogen-bond acceptors (Lipinski definition) is 1. The van der Waals surface area contributed by atoms with Crippen molar-refractivity contribution in [1.29, 1.82) is 0 Å². The van der Waals surface area contributed by atoms with Gasteiger partial charge in [0.1, 0.15) is 5.83 Å². The Bertz CT molecular complexity index is 284. The smallest absolute Gasteiger partial charge is 0.251 e. The van der Waals surface area contributed by atoms with Gasteiger partial charge in [0.25, 0.3) is 5.91 Å². The predicted octanol–water partition coefficient (Wildman–Crippen LogP) is 1.85. The molecule has 2 nitrogen and oxygen atoms in total. The highest BCUT2D eigenvalue weighted by Crippen LogP contribution is 2.39. The second kappa shape index (κ2) is 3.56. The zero-order valence-electron chi connectivity index (χ0n) is 7.35. The maximum Gasteiger partial charge on any atom is 0.251 e. The summed E-state index contributed by atoms with van der Waals surface area (Å²) in [6.45, 7) is 6.62. The van der Waals surface area contributed by atoms with Gasteiger partial charge in [0.05, 0.1) is 5.57 Å². The minimum absolute atomic E-state index is 0.0995. The fraction of sp³-hybridized carbons (Fsp3) is 0.300. The second-order valence-electron chi connectivity index (χ2n) is 3.08. The van der Waals surface area contributed by atoms with Crippen LogP contribution in [0, 0.1) is 5.92 Å². The average molecular weight is 181 g/mol. The third-order valence-electron chi connectivity index (χ3n) is 2.04. The van der Waals surface area contributed by atoms with Crippen LogP contribution in [0.15, 0.2) is 36.2 Å². The number of allylic oxidation sites excluding steroid dienone is 2. The van der Waals surface area contributed by atoms with Gasteiger partial charge in [-0.2, -0.15) is 0 Å². The van der Waals surface area contributed by atoms with E-state index >= 15 is 0 Å². The highest BCUT2D eigenvalue weighted by Gasteiger charge is 2.29. The highest BCUT2D eigenvalue weighted by atomic mass is 19.1. The quantitative estimate of drug-likeness (QED) is 0.522. The number of carbonyl (C=O) groups excluding carboxylic acids is 1. The zero-order valence-corrected chi connectivity index (χ0v) is 7.35. The van der Waals surface area contributed by atoms with Gasteiger partial charge in [-0.1, -0.05) is 19.2 Å². The summed E-state index contributed by atoms with van der Waals surface area (Å²) in [5, 5.41) is 0. The first-order valence-corrected chi connectivity index (χ1v) is 4.09. The molecule has 0 heterocycles. The van der Waals surface area contributed by atoms with Crippen molar-refractivity contribution < 1.29 is 9.18 Å². The molecule has 0 aromatic carbocycles. The van der Waals surface area contributed by atoms with Crippen molar-refractivity contribution in [3.05, 3.63) is 36.2 Å². The van der Waals surface area contributed by atoms with Crippen molar-refractivity contribution in [2.24, 2.45) is 11.7 Å². The molecule has 70 valence electrons. The molecule has 0 aromatic heterocycles. The molecule has 3 heteroatoms. The Kier molecular flexibility index (Phi) is 2.66. The first-order chi connectivity index (χ1) is 6.07. The summed E-state index contributed by atoms with van der Waals surface area (Å²) >= 11 is 0. The lowest BCUT2D eigenvalue weighted by molar-refractivity contribution is -0.114. The molecule has 0 bridgehead atoms. The van der Waals surface area contributed by atoms with Crippen LogP contribution >= 0.6 is 0 Å². The molecule has 0 spiro atoms. The number of halogens is 1. The molecule has 0 aromatic rings. The second-order valence-corrected chi connectivity index (χ2v) is 3.08. The van der Waals surface area contributed by atoms with Crippen LogP contribution in [0.1, 0.15) is 12.8 Å². The third-order valence-corrected chi connectivity index (χ3v) is 2.04. The molecule has 1 aliphatic rings. The van der Waals surface area contributed by atoms with Gasteiger partial charge >= 0.3 is 0 Å². The van der Waals surface area contributed by atoms with E-state index in [4.69, 9.17) is 5.73 Å². The van der Waals surface area contributed by atoms with E-state index in [1.54, 1.807) is 0 Å². The fourth-order valence-electron chi connectivity index (χ4n) is 1.30. The molecular formula is C10H12FNO. The van der Waals surface area contributed by atoms with Gasteiger partial charge in [-0.15, -0.1) is 0 Å². The Morgan fingerprint density at radius 2 is 2.08 bits per heavy atom. The lowest BCUT2D eigenvalue weighted by Crippen LogP contribution is -2.16. The van der Waals surface area contributed by atoms with Gasteiger partial charge in [0.2, 0.25) is 0 Å². The summed E-state index contributed by atoms with van der Waals surface area (Å²) in [5.41, 5.74) is 5.53. The normalized spacial score (nSPS) is 17.6. The van der Waals surface area contributed by atoms with Crippen molar-refractivity contribution in [2.75, 3.05) is 0 Å². The molecule has 0 radical (unpaired) electrons. The van der Waals surface area contributed by atoms with Crippen molar-refractivity contribution >= 4 is 5.91 Å². The largest absolute Gasteiger partial charge is 0.365 e. The summed E-state index contributed by atoms with van der Waals surface area (Å²) in [6, 6.07) is 0. The molecule has 1 saturated carbocycles. The Balaban J connectivity index is 3.10. The van der Waals surface area contributed by atoms with Crippen LogP contribution in [0.3, 0.4) is 0 Å². The van der Waals surface area contributed by atoms with E-state index in [-0.39, 0.29) is 11.5 Å². The molecule has 1 fully saturated rings. The van der Waals surface area contributed by atoms with Gasteiger partial charge < -0.3 is 5.73 Å². The van der Waals surface area contributed by atoms with Crippen molar-refractivity contribution in [3.63, 3.8) is 0 Å². The molecule has 1 rings (SSSR count). The van der Waals surface area contributed by atoms with Crippen LogP contribution in [0.4, 0.5) is 4.39 Å². The van der Waals surface area contributed by atoms with E-state index < -0.39 is 11.7 Å². The number of amides is 1. The van der Waals surface area contributed by atoms with E-state index in [1.165, 1.54) is 6.08 Å². The minimum atomic E-state index is -0.769. The van der Waals surface area contributed by atoms with Crippen LogP contribution in [-0.2, 0) is 4.79 Å². The van der Waals surface area contributed by atoms with Gasteiger partial charge in [0.15, 0.2) is 0 Å². The number of rotatable bonds is 4. The molecule has 0 unspecified atom stereocenters. The number of hydrogen-bond donors (Lipinski definition) is 1. The van der Waals surface area contributed by atoms with Crippen molar-refractivity contribution in [1.82, 2.24) is 0 Å². The number of nitrogens with two attached hydrogens (primary N) is 1. The Hall–Kier alpha value is -1.38. The van der Waals surface area contributed by atoms with E-state index in [0.717, 1.165) is 12.8 Å². The monoisotopic (exact) mass is 181 g/mol. The van der Waals surface area contributed by atoms with Crippen LogP contribution in [-0.4, -0.2) is 5.91 Å². The standard InChI is InChI=1S/C10H12FNO/c1-3-8(7-4-5-7)9(6(2)11)10(12)13/h3,7H,1-2,4-5H2,(H2,12,13)/b9-8-. The van der Waals surface area contributed by atoms with E-state index in [0.29, 0.717) is 5.57 Å². The zero-order chi connectivity index (χ0) is 10.0. The maximum atomic E-state index is 12.8. The maximum absolute atomic E-state index is 12.8. The molecule has 0 aliphatic heterocycles. The van der Waals surface area contributed by atoms with E-state index in [9.17, 15) is 9.18 Å². The average Bonchev–Trinajstić information content (AvgIpc) is 2.80. The Labute approximate surface area is 76.6 Å². The first kappa shape index (κ1) is 9.71. The van der Waals surface area contributed by atoms with Crippen LogP contribution in [0.5, 0.6) is 0 Å². The Morgan fingerprint density at radius 1 is 1.54 bits per heavy atom. The number of carbonyl (C=O) groups is 1. The number of primary amides is 1. The topological polar surface area (TPSA) is 43.1 Å². The first-order valence-electron chi connectivity index (χ1n) is 4.09. The molecule has 13 heavy (non-hydrogen) atoms.